The number of aromatic hydroxyl groups is 1. The van der Waals surface area contributed by atoms with Crippen molar-refractivity contribution in [3.05, 3.63) is 66.4 Å². The molecule has 1 aliphatic rings. The molecule has 3 aromatic rings. The first-order valence-corrected chi connectivity index (χ1v) is 8.14. The van der Waals surface area contributed by atoms with Gasteiger partial charge in [0.25, 0.3) is 0 Å². The minimum atomic E-state index is -0.261. The minimum Gasteiger partial charge on any atom is -0.506 e. The number of nitrogens with zero attached hydrogens (tertiary/aromatic N) is 4. The molecular formula is C19H17N5O2. The lowest BCUT2D eigenvalue weighted by atomic mass is 10.2. The summed E-state index contributed by atoms with van der Waals surface area (Å²) >= 11 is 0. The van der Waals surface area contributed by atoms with Gasteiger partial charge in [-0.1, -0.05) is 30.3 Å². The molecule has 0 atom stereocenters. The van der Waals surface area contributed by atoms with Gasteiger partial charge < -0.3 is 10.4 Å². The summed E-state index contributed by atoms with van der Waals surface area (Å²) in [6.07, 6.45) is 1.70. The molecule has 130 valence electrons. The summed E-state index contributed by atoms with van der Waals surface area (Å²) in [5.41, 5.74) is 2.13. The number of hydrogen-bond acceptors (Lipinski definition) is 5. The number of amides is 2. The average molecular weight is 347 g/mol. The summed E-state index contributed by atoms with van der Waals surface area (Å²) in [5.74, 6) is 1.03. The van der Waals surface area contributed by atoms with Crippen LogP contribution in [-0.2, 0) is 6.54 Å². The van der Waals surface area contributed by atoms with E-state index >= 15 is 0 Å². The maximum Gasteiger partial charge on any atom is 0.330 e. The number of para-hydroxylation sites is 3. The van der Waals surface area contributed by atoms with Gasteiger partial charge in [-0.05, 0) is 24.3 Å². The lowest BCUT2D eigenvalue weighted by Crippen LogP contribution is -2.46. The number of hydrogen-bond donors (Lipinski definition) is 2. The molecule has 0 bridgehead atoms. The number of carbonyl (C=O) groups is 1. The number of fused-ring (bicyclic) bond motifs is 1. The van der Waals surface area contributed by atoms with Crippen molar-refractivity contribution in [2.24, 2.45) is 0 Å². The Balaban J connectivity index is 1.66. The number of urea groups is 1. The largest absolute Gasteiger partial charge is 0.506 e. The van der Waals surface area contributed by atoms with Crippen molar-refractivity contribution in [2.45, 2.75) is 6.54 Å². The van der Waals surface area contributed by atoms with Gasteiger partial charge in [0.2, 0.25) is 5.95 Å². The number of aromatic nitrogens is 2. The van der Waals surface area contributed by atoms with Gasteiger partial charge >= 0.3 is 6.03 Å². The third-order valence-electron chi connectivity index (χ3n) is 4.21. The summed E-state index contributed by atoms with van der Waals surface area (Å²) in [7, 11) is 1.66. The lowest BCUT2D eigenvalue weighted by Gasteiger charge is -2.34. The van der Waals surface area contributed by atoms with Crippen molar-refractivity contribution in [3.63, 3.8) is 0 Å². The molecule has 1 aliphatic heterocycles. The molecule has 7 nitrogen and oxygen atoms in total. The van der Waals surface area contributed by atoms with Crippen molar-refractivity contribution in [1.29, 1.82) is 0 Å². The normalized spacial score (nSPS) is 13.5. The van der Waals surface area contributed by atoms with E-state index < -0.39 is 0 Å². The Morgan fingerprint density at radius 1 is 1.08 bits per heavy atom. The molecule has 0 radical (unpaired) electrons. The zero-order chi connectivity index (χ0) is 18.1. The molecule has 2 aromatic carbocycles. The molecule has 7 heteroatoms. The number of anilines is 4. The second-order valence-electron chi connectivity index (χ2n) is 5.95. The first kappa shape index (κ1) is 15.9. The van der Waals surface area contributed by atoms with Gasteiger partial charge in [-0.15, -0.1) is 0 Å². The number of nitrogens with one attached hydrogen (secondary N) is 1. The van der Waals surface area contributed by atoms with E-state index in [0.29, 0.717) is 24.0 Å². The fourth-order valence-electron chi connectivity index (χ4n) is 2.90. The van der Waals surface area contributed by atoms with E-state index in [1.165, 1.54) is 9.80 Å². The maximum atomic E-state index is 12.8. The van der Waals surface area contributed by atoms with Gasteiger partial charge in [0, 0.05) is 24.5 Å². The van der Waals surface area contributed by atoms with E-state index in [2.05, 4.69) is 15.3 Å². The van der Waals surface area contributed by atoms with Crippen molar-refractivity contribution in [1.82, 2.24) is 9.97 Å². The monoisotopic (exact) mass is 347 g/mol. The van der Waals surface area contributed by atoms with Crippen LogP contribution in [0.3, 0.4) is 0 Å². The molecule has 0 saturated carbocycles. The fraction of sp³-hybridized carbons (Fsp3) is 0.105. The predicted molar refractivity (Wildman–Crippen MR) is 99.8 cm³/mol. The molecular weight excluding hydrogens is 330 g/mol. The second kappa shape index (κ2) is 6.36. The number of carbonyl (C=O) groups excluding carboxylic acids is 1. The average Bonchev–Trinajstić information content (AvgIpc) is 2.66. The molecule has 4 rings (SSSR count). The smallest absolute Gasteiger partial charge is 0.330 e. The van der Waals surface area contributed by atoms with E-state index in [9.17, 15) is 9.90 Å². The van der Waals surface area contributed by atoms with Crippen LogP contribution in [-0.4, -0.2) is 28.2 Å². The van der Waals surface area contributed by atoms with Crippen LogP contribution < -0.4 is 15.1 Å². The van der Waals surface area contributed by atoms with Gasteiger partial charge in [-0.3, -0.25) is 9.80 Å². The molecule has 0 unspecified atom stereocenters. The molecule has 2 heterocycles. The summed E-state index contributed by atoms with van der Waals surface area (Å²) in [6.45, 7) is 0.293. The Morgan fingerprint density at radius 3 is 2.58 bits per heavy atom. The van der Waals surface area contributed by atoms with Crippen LogP contribution in [0.4, 0.5) is 27.9 Å². The molecule has 0 saturated heterocycles. The van der Waals surface area contributed by atoms with Crippen LogP contribution in [0.1, 0.15) is 5.56 Å². The number of phenols is 1. The van der Waals surface area contributed by atoms with Crippen molar-refractivity contribution < 1.29 is 9.90 Å². The Bertz CT molecular complexity index is 961. The van der Waals surface area contributed by atoms with Gasteiger partial charge in [0.05, 0.1) is 12.2 Å². The van der Waals surface area contributed by atoms with Crippen molar-refractivity contribution >= 4 is 29.2 Å². The highest BCUT2D eigenvalue weighted by molar-refractivity contribution is 6.05. The van der Waals surface area contributed by atoms with Crippen LogP contribution in [0.2, 0.25) is 0 Å². The standard InChI is InChI=1S/C19H17N5O2/c1-23-17-13(11-20-18(22-17)21-14-7-3-2-4-8-14)12-24(19(23)26)15-9-5-6-10-16(15)25/h2-11,25H,12H2,1H3,(H,20,21,22). The van der Waals surface area contributed by atoms with Crippen LogP contribution >= 0.6 is 0 Å². The minimum absolute atomic E-state index is 0.0565. The fourth-order valence-corrected chi connectivity index (χ4v) is 2.90. The Hall–Kier alpha value is -3.61. The zero-order valence-electron chi connectivity index (χ0n) is 14.1. The summed E-state index contributed by atoms with van der Waals surface area (Å²) in [6, 6.07) is 16.1. The Kier molecular flexibility index (Phi) is 3.89. The molecule has 26 heavy (non-hydrogen) atoms. The Morgan fingerprint density at radius 2 is 1.81 bits per heavy atom. The first-order valence-electron chi connectivity index (χ1n) is 8.14. The van der Waals surface area contributed by atoms with E-state index in [-0.39, 0.29) is 11.8 Å². The number of benzene rings is 2. The molecule has 1 aromatic heterocycles. The van der Waals surface area contributed by atoms with E-state index in [1.54, 1.807) is 37.5 Å². The third kappa shape index (κ3) is 2.79. The van der Waals surface area contributed by atoms with Crippen LogP contribution in [0.5, 0.6) is 5.75 Å². The summed E-state index contributed by atoms with van der Waals surface area (Å²) in [5, 5.41) is 13.2. The topological polar surface area (TPSA) is 81.6 Å². The van der Waals surface area contributed by atoms with Gasteiger partial charge in [0.15, 0.2) is 0 Å². The van der Waals surface area contributed by atoms with Crippen LogP contribution in [0.15, 0.2) is 60.8 Å². The predicted octanol–water partition coefficient (Wildman–Crippen LogP) is 3.50. The van der Waals surface area contributed by atoms with Gasteiger partial charge in [0.1, 0.15) is 11.6 Å². The molecule has 0 aliphatic carbocycles. The van der Waals surface area contributed by atoms with E-state index in [1.807, 2.05) is 30.3 Å². The molecule has 2 amide bonds. The van der Waals surface area contributed by atoms with Crippen LogP contribution in [0.25, 0.3) is 0 Å². The molecule has 0 spiro atoms. The maximum absolute atomic E-state index is 12.8. The molecule has 0 fully saturated rings. The number of phenolic OH excluding ortho intramolecular Hbond substituents is 1. The third-order valence-corrected chi connectivity index (χ3v) is 4.21. The lowest BCUT2D eigenvalue weighted by molar-refractivity contribution is 0.251. The van der Waals surface area contributed by atoms with Gasteiger partial charge in [-0.25, -0.2) is 9.78 Å². The second-order valence-corrected chi connectivity index (χ2v) is 5.95. The summed E-state index contributed by atoms with van der Waals surface area (Å²) < 4.78 is 0. The number of rotatable bonds is 3. The quantitative estimate of drug-likeness (QED) is 0.758. The van der Waals surface area contributed by atoms with E-state index in [0.717, 1.165) is 11.3 Å². The Labute approximate surface area is 150 Å². The molecule has 2 N–H and O–H groups in total. The first-order chi connectivity index (χ1) is 12.6. The van der Waals surface area contributed by atoms with Gasteiger partial charge in [-0.2, -0.15) is 4.98 Å². The van der Waals surface area contributed by atoms with Crippen LogP contribution in [0, 0.1) is 0 Å². The highest BCUT2D eigenvalue weighted by atomic mass is 16.3. The summed E-state index contributed by atoms with van der Waals surface area (Å²) in [4.78, 5) is 24.6. The van der Waals surface area contributed by atoms with Crippen molar-refractivity contribution in [2.75, 3.05) is 22.2 Å². The highest BCUT2D eigenvalue weighted by Gasteiger charge is 2.31. The highest BCUT2D eigenvalue weighted by Crippen LogP contribution is 2.34. The van der Waals surface area contributed by atoms with E-state index in [4.69, 9.17) is 0 Å². The zero-order valence-corrected chi connectivity index (χ0v) is 14.1. The SMILES string of the molecule is CN1C(=O)N(c2ccccc2O)Cc2cnc(Nc3ccccc3)nc21. The van der Waals surface area contributed by atoms with Crippen molar-refractivity contribution in [3.8, 4) is 5.75 Å².